The third-order valence-corrected chi connectivity index (χ3v) is 3.90. The first-order valence-electron chi connectivity index (χ1n) is 8.14. The number of carbonyl (C=O) groups excluding carboxylic acids is 3. The Morgan fingerprint density at radius 3 is 2.58 bits per heavy atom. The van der Waals surface area contributed by atoms with E-state index in [0.717, 1.165) is 17.0 Å². The molecule has 1 aliphatic rings. The summed E-state index contributed by atoms with van der Waals surface area (Å²) in [6, 6.07) is 4.39. The van der Waals surface area contributed by atoms with Crippen LogP contribution in [0.2, 0.25) is 0 Å². The van der Waals surface area contributed by atoms with Gasteiger partial charge in [-0.15, -0.1) is 0 Å². The molecule has 6 nitrogen and oxygen atoms in total. The Bertz CT molecular complexity index is 704. The van der Waals surface area contributed by atoms with Gasteiger partial charge in [0.05, 0.1) is 11.5 Å². The van der Waals surface area contributed by atoms with Crippen LogP contribution in [0.15, 0.2) is 24.3 Å². The number of halogens is 3. The minimum absolute atomic E-state index is 0.0496. The molecule has 9 heteroatoms. The van der Waals surface area contributed by atoms with E-state index in [0.29, 0.717) is 0 Å². The molecule has 0 radical (unpaired) electrons. The first-order valence-corrected chi connectivity index (χ1v) is 8.14. The topological polar surface area (TPSA) is 78.5 Å². The third kappa shape index (κ3) is 4.96. The summed E-state index contributed by atoms with van der Waals surface area (Å²) in [6.07, 6.45) is -4.42. The molecule has 2 N–H and O–H groups in total. The molecule has 26 heavy (non-hydrogen) atoms. The normalized spacial score (nSPS) is 17.5. The number of rotatable bonds is 4. The Morgan fingerprint density at radius 2 is 1.96 bits per heavy atom. The van der Waals surface area contributed by atoms with Gasteiger partial charge in [0.2, 0.25) is 17.7 Å². The Morgan fingerprint density at radius 1 is 1.27 bits per heavy atom. The number of benzene rings is 1. The van der Waals surface area contributed by atoms with Crippen LogP contribution in [0.5, 0.6) is 0 Å². The smallest absolute Gasteiger partial charge is 0.312 e. The van der Waals surface area contributed by atoms with Crippen molar-refractivity contribution in [1.29, 1.82) is 0 Å². The van der Waals surface area contributed by atoms with Gasteiger partial charge in [-0.3, -0.25) is 25.2 Å². The molecule has 0 saturated carbocycles. The van der Waals surface area contributed by atoms with E-state index in [1.54, 1.807) is 0 Å². The number of amides is 3. The average molecular weight is 371 g/mol. The summed E-state index contributed by atoms with van der Waals surface area (Å²) in [5, 5.41) is 0. The Hall–Kier alpha value is -2.58. The molecule has 1 atom stereocenters. The van der Waals surface area contributed by atoms with Gasteiger partial charge in [0.25, 0.3) is 0 Å². The van der Waals surface area contributed by atoms with Crippen LogP contribution < -0.4 is 15.8 Å². The van der Waals surface area contributed by atoms with Crippen molar-refractivity contribution in [3.63, 3.8) is 0 Å². The van der Waals surface area contributed by atoms with Crippen molar-refractivity contribution >= 4 is 23.4 Å². The van der Waals surface area contributed by atoms with Crippen LogP contribution in [-0.4, -0.2) is 24.3 Å². The van der Waals surface area contributed by atoms with Crippen LogP contribution in [0.3, 0.4) is 0 Å². The minimum Gasteiger partial charge on any atom is -0.312 e. The minimum atomic E-state index is -4.52. The molecule has 2 rings (SSSR count). The van der Waals surface area contributed by atoms with E-state index in [4.69, 9.17) is 0 Å². The summed E-state index contributed by atoms with van der Waals surface area (Å²) in [7, 11) is 0. The fourth-order valence-corrected chi connectivity index (χ4v) is 2.64. The number of hydrogen-bond donors (Lipinski definition) is 2. The molecule has 1 saturated heterocycles. The van der Waals surface area contributed by atoms with Crippen LogP contribution in [0.1, 0.15) is 32.3 Å². The third-order valence-electron chi connectivity index (χ3n) is 3.90. The second-order valence-electron chi connectivity index (χ2n) is 6.59. The number of anilines is 1. The van der Waals surface area contributed by atoms with Gasteiger partial charge in [-0.05, 0) is 24.1 Å². The zero-order valence-corrected chi connectivity index (χ0v) is 14.4. The van der Waals surface area contributed by atoms with E-state index in [2.05, 4.69) is 10.9 Å². The predicted octanol–water partition coefficient (Wildman–Crippen LogP) is 2.25. The number of nitrogens with one attached hydrogen (secondary N) is 2. The average Bonchev–Trinajstić information content (AvgIpc) is 2.93. The van der Waals surface area contributed by atoms with Gasteiger partial charge in [0, 0.05) is 25.1 Å². The Labute approximate surface area is 148 Å². The van der Waals surface area contributed by atoms with E-state index >= 15 is 0 Å². The largest absolute Gasteiger partial charge is 0.416 e. The van der Waals surface area contributed by atoms with Crippen molar-refractivity contribution < 1.29 is 27.6 Å². The van der Waals surface area contributed by atoms with Gasteiger partial charge in [0.15, 0.2) is 0 Å². The Kier molecular flexibility index (Phi) is 5.89. The van der Waals surface area contributed by atoms with Crippen LogP contribution in [0.4, 0.5) is 18.9 Å². The van der Waals surface area contributed by atoms with E-state index in [9.17, 15) is 27.6 Å². The maximum atomic E-state index is 12.8. The first-order chi connectivity index (χ1) is 12.1. The maximum absolute atomic E-state index is 12.8. The van der Waals surface area contributed by atoms with E-state index < -0.39 is 29.5 Å². The number of alkyl halides is 3. The summed E-state index contributed by atoms with van der Waals surface area (Å²) < 4.78 is 38.4. The number of carbonyl (C=O) groups is 3. The van der Waals surface area contributed by atoms with Crippen LogP contribution in [0.25, 0.3) is 0 Å². The fraction of sp³-hybridized carbons (Fsp3) is 0.471. The molecule has 1 aromatic rings. The van der Waals surface area contributed by atoms with Crippen molar-refractivity contribution in [2.45, 2.75) is 32.9 Å². The van der Waals surface area contributed by atoms with Crippen molar-refractivity contribution in [2.75, 3.05) is 11.4 Å². The van der Waals surface area contributed by atoms with Crippen LogP contribution >= 0.6 is 0 Å². The van der Waals surface area contributed by atoms with Gasteiger partial charge < -0.3 is 4.90 Å². The van der Waals surface area contributed by atoms with Crippen molar-refractivity contribution in [3.8, 4) is 0 Å². The number of nitrogens with zero attached hydrogens (tertiary/aromatic N) is 1. The second-order valence-corrected chi connectivity index (χ2v) is 6.59. The summed E-state index contributed by atoms with van der Waals surface area (Å²) in [5.74, 6) is -1.98. The molecule has 0 spiro atoms. The molecule has 3 amide bonds. The molecule has 0 bridgehead atoms. The monoisotopic (exact) mass is 371 g/mol. The van der Waals surface area contributed by atoms with Crippen molar-refractivity contribution in [2.24, 2.45) is 11.8 Å². The predicted molar refractivity (Wildman–Crippen MR) is 87.6 cm³/mol. The molecule has 1 fully saturated rings. The van der Waals surface area contributed by atoms with Crippen LogP contribution in [-0.2, 0) is 20.6 Å². The summed E-state index contributed by atoms with van der Waals surface area (Å²) >= 11 is 0. The lowest BCUT2D eigenvalue weighted by atomic mass is 10.1. The van der Waals surface area contributed by atoms with Gasteiger partial charge in [-0.2, -0.15) is 13.2 Å². The van der Waals surface area contributed by atoms with Crippen molar-refractivity contribution in [3.05, 3.63) is 29.8 Å². The lowest BCUT2D eigenvalue weighted by Crippen LogP contribution is -2.45. The zero-order valence-electron chi connectivity index (χ0n) is 14.4. The van der Waals surface area contributed by atoms with Crippen LogP contribution in [0, 0.1) is 11.8 Å². The molecule has 1 heterocycles. The summed E-state index contributed by atoms with van der Waals surface area (Å²) in [5.41, 5.74) is 3.76. The van der Waals surface area contributed by atoms with Gasteiger partial charge in [-0.1, -0.05) is 19.9 Å². The highest BCUT2D eigenvalue weighted by atomic mass is 19.4. The van der Waals surface area contributed by atoms with E-state index in [1.807, 2.05) is 13.8 Å². The van der Waals surface area contributed by atoms with Crippen molar-refractivity contribution in [1.82, 2.24) is 10.9 Å². The Balaban J connectivity index is 2.00. The summed E-state index contributed by atoms with van der Waals surface area (Å²) in [4.78, 5) is 36.9. The van der Waals surface area contributed by atoms with E-state index in [1.165, 1.54) is 12.1 Å². The highest BCUT2D eigenvalue weighted by Gasteiger charge is 2.37. The fourth-order valence-electron chi connectivity index (χ4n) is 2.64. The molecule has 1 aromatic carbocycles. The first kappa shape index (κ1) is 19.7. The standard InChI is InChI=1S/C17H20F3N3O3/c1-10(2)6-14(24)21-22-16(26)11-7-15(25)23(9-11)13-5-3-4-12(8-13)17(18,19)20/h3-5,8,10-11H,6-7,9H2,1-2H3,(H,21,24)(H,22,26). The molecule has 142 valence electrons. The van der Waals surface area contributed by atoms with Gasteiger partial charge in [-0.25, -0.2) is 0 Å². The number of hydrogen-bond acceptors (Lipinski definition) is 3. The highest BCUT2D eigenvalue weighted by molar-refractivity contribution is 6.00. The molecular formula is C17H20F3N3O3. The molecule has 0 aromatic heterocycles. The lowest BCUT2D eigenvalue weighted by Gasteiger charge is -2.18. The van der Waals surface area contributed by atoms with E-state index in [-0.39, 0.29) is 36.9 Å². The quantitative estimate of drug-likeness (QED) is 0.797. The number of hydrazine groups is 1. The molecule has 0 aliphatic carbocycles. The molecular weight excluding hydrogens is 351 g/mol. The highest BCUT2D eigenvalue weighted by Crippen LogP contribution is 2.33. The zero-order chi connectivity index (χ0) is 19.5. The van der Waals surface area contributed by atoms with Gasteiger partial charge >= 0.3 is 6.18 Å². The maximum Gasteiger partial charge on any atom is 0.416 e. The summed E-state index contributed by atoms with van der Waals surface area (Å²) in [6.45, 7) is 3.65. The molecule has 1 aliphatic heterocycles. The van der Waals surface area contributed by atoms with Gasteiger partial charge in [0.1, 0.15) is 0 Å². The SMILES string of the molecule is CC(C)CC(=O)NNC(=O)C1CC(=O)N(c2cccc(C(F)(F)F)c2)C1. The second kappa shape index (κ2) is 7.76. The molecule has 1 unspecified atom stereocenters. The lowest BCUT2D eigenvalue weighted by molar-refractivity contribution is -0.137.